The van der Waals surface area contributed by atoms with Crippen LogP contribution in [0.1, 0.15) is 17.4 Å². The maximum atomic E-state index is 12.4. The van der Waals surface area contributed by atoms with Crippen molar-refractivity contribution < 1.29 is 13.5 Å². The largest absolute Gasteiger partial charge is 0.388 e. The van der Waals surface area contributed by atoms with E-state index in [0.717, 1.165) is 15.6 Å². The maximum Gasteiger partial charge on any atom is 0.240 e. The molecule has 1 aromatic heterocycles. The predicted octanol–water partition coefficient (Wildman–Crippen LogP) is 3.30. The van der Waals surface area contributed by atoms with Crippen LogP contribution in [0.2, 0.25) is 0 Å². The van der Waals surface area contributed by atoms with Crippen molar-refractivity contribution in [2.75, 3.05) is 6.54 Å². The normalized spacial score (nSPS) is 13.3. The summed E-state index contributed by atoms with van der Waals surface area (Å²) in [5.41, 5.74) is 0. The second-order valence-electron chi connectivity index (χ2n) is 5.23. The van der Waals surface area contributed by atoms with Gasteiger partial charge in [-0.3, -0.25) is 0 Å². The van der Waals surface area contributed by atoms with Crippen molar-refractivity contribution in [3.63, 3.8) is 0 Å². The first kappa shape index (κ1) is 16.1. The van der Waals surface area contributed by atoms with Crippen molar-refractivity contribution in [1.82, 2.24) is 4.72 Å². The molecule has 0 aliphatic heterocycles. The number of aliphatic hydroxyl groups excluding tert-OH is 1. The molecule has 0 amide bonds. The van der Waals surface area contributed by atoms with Crippen molar-refractivity contribution in [1.29, 1.82) is 0 Å². The number of hydrogen-bond donors (Lipinski definition) is 2. The first-order valence-corrected chi connectivity index (χ1v) is 9.62. The minimum absolute atomic E-state index is 0.189. The summed E-state index contributed by atoms with van der Waals surface area (Å²) in [5, 5.41) is 13.8. The highest BCUT2D eigenvalue weighted by Crippen LogP contribution is 2.22. The average Bonchev–Trinajstić information content (AvgIpc) is 3.08. The molecule has 0 radical (unpaired) electrons. The molecule has 6 heteroatoms. The van der Waals surface area contributed by atoms with Crippen LogP contribution in [-0.2, 0) is 10.0 Å². The van der Waals surface area contributed by atoms with Crippen LogP contribution in [0.15, 0.2) is 64.9 Å². The van der Waals surface area contributed by atoms with Crippen LogP contribution in [0, 0.1) is 0 Å². The molecule has 4 nitrogen and oxygen atoms in total. The summed E-state index contributed by atoms with van der Waals surface area (Å²) in [7, 11) is -3.57. The summed E-state index contributed by atoms with van der Waals surface area (Å²) in [6, 6.07) is 16.4. The van der Waals surface area contributed by atoms with Gasteiger partial charge in [-0.2, -0.15) is 0 Å². The van der Waals surface area contributed by atoms with Crippen LogP contribution in [0.4, 0.5) is 0 Å². The summed E-state index contributed by atoms with van der Waals surface area (Å²) in [5.74, 6) is 0. The third-order valence-electron chi connectivity index (χ3n) is 3.61. The number of thiophene rings is 1. The standard InChI is InChI=1S/C17H17NO3S2/c19-16(17-6-3-11-22-17)9-10-18-23(20,21)15-8-7-13-4-1-2-5-14(13)12-15/h1-8,11-12,16,18-19H,9-10H2. The van der Waals surface area contributed by atoms with Crippen molar-refractivity contribution in [2.45, 2.75) is 17.4 Å². The van der Waals surface area contributed by atoms with Gasteiger partial charge in [0.25, 0.3) is 0 Å². The van der Waals surface area contributed by atoms with E-state index in [9.17, 15) is 13.5 Å². The minimum atomic E-state index is -3.57. The van der Waals surface area contributed by atoms with Crippen LogP contribution in [-0.4, -0.2) is 20.1 Å². The Bertz CT molecular complexity index is 889. The van der Waals surface area contributed by atoms with Crippen molar-refractivity contribution in [3.05, 3.63) is 64.9 Å². The molecule has 0 bridgehead atoms. The van der Waals surface area contributed by atoms with E-state index < -0.39 is 16.1 Å². The molecule has 3 aromatic rings. The van der Waals surface area contributed by atoms with Crippen LogP contribution in [0.25, 0.3) is 10.8 Å². The van der Waals surface area contributed by atoms with Crippen molar-refractivity contribution in [2.24, 2.45) is 0 Å². The van der Waals surface area contributed by atoms with E-state index in [1.165, 1.54) is 11.3 Å². The van der Waals surface area contributed by atoms with Gasteiger partial charge in [-0.05, 0) is 40.8 Å². The highest BCUT2D eigenvalue weighted by molar-refractivity contribution is 7.89. The molecule has 2 N–H and O–H groups in total. The first-order valence-electron chi connectivity index (χ1n) is 7.26. The molecule has 1 heterocycles. The van der Waals surface area contributed by atoms with Gasteiger partial charge in [-0.1, -0.05) is 36.4 Å². The number of aliphatic hydroxyl groups is 1. The first-order chi connectivity index (χ1) is 11.1. The van der Waals surface area contributed by atoms with E-state index in [4.69, 9.17) is 0 Å². The second kappa shape index (κ2) is 6.80. The lowest BCUT2D eigenvalue weighted by molar-refractivity contribution is 0.173. The summed E-state index contributed by atoms with van der Waals surface area (Å²) in [4.78, 5) is 1.08. The van der Waals surface area contributed by atoms with E-state index in [2.05, 4.69) is 4.72 Å². The van der Waals surface area contributed by atoms with Crippen molar-refractivity contribution in [3.8, 4) is 0 Å². The van der Waals surface area contributed by atoms with Gasteiger partial charge in [-0.25, -0.2) is 13.1 Å². The number of sulfonamides is 1. The molecule has 23 heavy (non-hydrogen) atoms. The Morgan fingerprint density at radius 2 is 1.83 bits per heavy atom. The summed E-state index contributed by atoms with van der Waals surface area (Å²) < 4.78 is 27.3. The van der Waals surface area contributed by atoms with E-state index in [1.807, 2.05) is 41.8 Å². The minimum Gasteiger partial charge on any atom is -0.388 e. The Labute approximate surface area is 139 Å². The fourth-order valence-corrected chi connectivity index (χ4v) is 4.20. The third-order valence-corrected chi connectivity index (χ3v) is 6.04. The monoisotopic (exact) mass is 347 g/mol. The molecule has 0 spiro atoms. The summed E-state index contributed by atoms with van der Waals surface area (Å²) in [6.07, 6.45) is -0.304. The second-order valence-corrected chi connectivity index (χ2v) is 7.97. The Hall–Kier alpha value is -1.73. The zero-order valence-corrected chi connectivity index (χ0v) is 14.0. The number of fused-ring (bicyclic) bond motifs is 1. The van der Waals surface area contributed by atoms with Gasteiger partial charge in [0.15, 0.2) is 0 Å². The number of hydrogen-bond acceptors (Lipinski definition) is 4. The quantitative estimate of drug-likeness (QED) is 0.719. The highest BCUT2D eigenvalue weighted by Gasteiger charge is 2.15. The SMILES string of the molecule is O=S(=O)(NCCC(O)c1cccs1)c1ccc2ccccc2c1. The zero-order chi connectivity index (χ0) is 16.3. The van der Waals surface area contributed by atoms with Gasteiger partial charge in [0, 0.05) is 11.4 Å². The Morgan fingerprint density at radius 1 is 1.04 bits per heavy atom. The topological polar surface area (TPSA) is 66.4 Å². The smallest absolute Gasteiger partial charge is 0.240 e. The Balaban J connectivity index is 1.68. The molecule has 2 aromatic carbocycles. The molecule has 0 aliphatic rings. The highest BCUT2D eigenvalue weighted by atomic mass is 32.2. The lowest BCUT2D eigenvalue weighted by atomic mass is 10.1. The van der Waals surface area contributed by atoms with Crippen molar-refractivity contribution >= 4 is 32.1 Å². The van der Waals surface area contributed by atoms with E-state index in [-0.39, 0.29) is 11.4 Å². The molecule has 1 atom stereocenters. The lowest BCUT2D eigenvalue weighted by Gasteiger charge is -2.10. The predicted molar refractivity (Wildman–Crippen MR) is 93.0 cm³/mol. The number of rotatable bonds is 6. The van der Waals surface area contributed by atoms with Crippen LogP contribution < -0.4 is 4.72 Å². The molecular formula is C17H17NO3S2. The summed E-state index contributed by atoms with van der Waals surface area (Å²) >= 11 is 1.46. The van der Waals surface area contributed by atoms with Gasteiger partial charge < -0.3 is 5.11 Å². The molecule has 0 fully saturated rings. The number of benzene rings is 2. The van der Waals surface area contributed by atoms with E-state index >= 15 is 0 Å². The number of nitrogens with one attached hydrogen (secondary N) is 1. The fourth-order valence-electron chi connectivity index (χ4n) is 2.37. The van der Waals surface area contributed by atoms with Crippen LogP contribution in [0.3, 0.4) is 0 Å². The molecule has 0 saturated heterocycles. The fraction of sp³-hybridized carbons (Fsp3) is 0.176. The third kappa shape index (κ3) is 3.79. The molecule has 0 saturated carbocycles. The van der Waals surface area contributed by atoms with Gasteiger partial charge in [0.2, 0.25) is 10.0 Å². The Morgan fingerprint density at radius 3 is 2.57 bits per heavy atom. The lowest BCUT2D eigenvalue weighted by Crippen LogP contribution is -2.25. The molecule has 1 unspecified atom stereocenters. The molecule has 120 valence electrons. The maximum absolute atomic E-state index is 12.4. The van der Waals surface area contributed by atoms with Crippen LogP contribution in [0.5, 0.6) is 0 Å². The van der Waals surface area contributed by atoms with Gasteiger partial charge in [-0.15, -0.1) is 11.3 Å². The molecule has 3 rings (SSSR count). The average molecular weight is 347 g/mol. The van der Waals surface area contributed by atoms with E-state index in [0.29, 0.717) is 6.42 Å². The van der Waals surface area contributed by atoms with Gasteiger partial charge in [0.1, 0.15) is 0 Å². The molecular weight excluding hydrogens is 330 g/mol. The van der Waals surface area contributed by atoms with E-state index in [1.54, 1.807) is 18.2 Å². The Kier molecular flexibility index (Phi) is 4.77. The van der Waals surface area contributed by atoms with Crippen LogP contribution >= 0.6 is 11.3 Å². The van der Waals surface area contributed by atoms with Gasteiger partial charge >= 0.3 is 0 Å². The molecule has 0 aliphatic carbocycles. The van der Waals surface area contributed by atoms with Gasteiger partial charge in [0.05, 0.1) is 11.0 Å². The zero-order valence-electron chi connectivity index (χ0n) is 12.3. The summed E-state index contributed by atoms with van der Waals surface area (Å²) in [6.45, 7) is 0.189.